The van der Waals surface area contributed by atoms with Crippen LogP contribution in [0.15, 0.2) is 24.3 Å². The molecule has 96 valence electrons. The molecule has 1 aromatic rings. The number of non-ortho nitro benzene ring substituents is 1. The highest BCUT2D eigenvalue weighted by atomic mass is 16.6. The second-order valence-corrected chi connectivity index (χ2v) is 4.03. The molecular weight excluding hydrogens is 238 g/mol. The quantitative estimate of drug-likeness (QED) is 0.598. The van der Waals surface area contributed by atoms with Crippen molar-refractivity contribution in [3.05, 3.63) is 34.4 Å². The van der Waals surface area contributed by atoms with Crippen LogP contribution < -0.4 is 10.2 Å². The number of nitro groups is 1. The van der Waals surface area contributed by atoms with Gasteiger partial charge in [-0.1, -0.05) is 0 Å². The number of hydrogen-bond donors (Lipinski definition) is 2. The van der Waals surface area contributed by atoms with Crippen molar-refractivity contribution in [2.24, 2.45) is 0 Å². The summed E-state index contributed by atoms with van der Waals surface area (Å²) in [5, 5.41) is 22.7. The van der Waals surface area contributed by atoms with Crippen molar-refractivity contribution in [1.82, 2.24) is 5.32 Å². The van der Waals surface area contributed by atoms with Crippen LogP contribution in [0.1, 0.15) is 0 Å². The number of carboxylic acids is 1. The number of piperazine rings is 1. The van der Waals surface area contributed by atoms with E-state index in [0.717, 1.165) is 0 Å². The van der Waals surface area contributed by atoms with Gasteiger partial charge in [-0.2, -0.15) is 0 Å². The molecule has 1 atom stereocenters. The number of rotatable bonds is 3. The van der Waals surface area contributed by atoms with Gasteiger partial charge < -0.3 is 15.3 Å². The highest BCUT2D eigenvalue weighted by Crippen LogP contribution is 2.22. The number of nitrogens with one attached hydrogen (secondary N) is 1. The van der Waals surface area contributed by atoms with Gasteiger partial charge in [0.2, 0.25) is 0 Å². The van der Waals surface area contributed by atoms with E-state index in [2.05, 4.69) is 5.32 Å². The zero-order chi connectivity index (χ0) is 13.1. The zero-order valence-corrected chi connectivity index (χ0v) is 9.57. The molecule has 2 N–H and O–H groups in total. The lowest BCUT2D eigenvalue weighted by Crippen LogP contribution is -2.55. The van der Waals surface area contributed by atoms with Crippen LogP contribution in [0.5, 0.6) is 0 Å². The average Bonchev–Trinajstić information content (AvgIpc) is 2.39. The Labute approximate surface area is 103 Å². The summed E-state index contributed by atoms with van der Waals surface area (Å²) in [6.07, 6.45) is 0. The minimum atomic E-state index is -0.902. The Morgan fingerprint density at radius 3 is 2.67 bits per heavy atom. The number of carbonyl (C=O) groups is 1. The minimum absolute atomic E-state index is 0.000703. The molecule has 2 rings (SSSR count). The molecule has 1 fully saturated rings. The maximum atomic E-state index is 11.1. The molecule has 0 aliphatic carbocycles. The molecule has 0 amide bonds. The summed E-state index contributed by atoms with van der Waals surface area (Å²) in [6.45, 7) is 1.63. The first-order valence-corrected chi connectivity index (χ1v) is 5.54. The lowest BCUT2D eigenvalue weighted by Gasteiger charge is -2.35. The van der Waals surface area contributed by atoms with E-state index < -0.39 is 16.9 Å². The summed E-state index contributed by atoms with van der Waals surface area (Å²) in [6, 6.07) is 5.30. The lowest BCUT2D eigenvalue weighted by molar-refractivity contribution is -0.384. The van der Waals surface area contributed by atoms with Gasteiger partial charge in [-0.15, -0.1) is 0 Å². The zero-order valence-electron chi connectivity index (χ0n) is 9.57. The topological polar surface area (TPSA) is 95.7 Å². The maximum absolute atomic E-state index is 11.1. The largest absolute Gasteiger partial charge is 0.480 e. The first kappa shape index (κ1) is 12.3. The lowest BCUT2D eigenvalue weighted by atomic mass is 10.1. The number of benzene rings is 1. The monoisotopic (exact) mass is 251 g/mol. The Balaban J connectivity index is 2.23. The maximum Gasteiger partial charge on any atom is 0.327 e. The molecule has 1 saturated heterocycles. The van der Waals surface area contributed by atoms with Crippen LogP contribution in [0.2, 0.25) is 0 Å². The number of nitrogens with zero attached hydrogens (tertiary/aromatic N) is 2. The van der Waals surface area contributed by atoms with E-state index in [1.54, 1.807) is 17.0 Å². The SMILES string of the molecule is O=C(O)C1CNCCN1c1ccc([N+](=O)[O-])cc1. The van der Waals surface area contributed by atoms with E-state index in [1.807, 2.05) is 0 Å². The van der Waals surface area contributed by atoms with Crippen LogP contribution in [0.25, 0.3) is 0 Å². The molecular formula is C11H13N3O4. The highest BCUT2D eigenvalue weighted by Gasteiger charge is 2.28. The summed E-state index contributed by atoms with van der Waals surface area (Å²) in [4.78, 5) is 22.9. The molecule has 1 aliphatic heterocycles. The number of carboxylic acid groups (broad SMARTS) is 1. The van der Waals surface area contributed by atoms with Crippen molar-refractivity contribution < 1.29 is 14.8 Å². The van der Waals surface area contributed by atoms with E-state index in [1.165, 1.54) is 12.1 Å². The standard InChI is InChI=1S/C11H13N3O4/c15-11(16)10-7-12-5-6-13(10)8-1-3-9(4-2-8)14(17)18/h1-4,10,12H,5-7H2,(H,15,16). The molecule has 1 aromatic carbocycles. The van der Waals surface area contributed by atoms with Crippen LogP contribution in [-0.2, 0) is 4.79 Å². The van der Waals surface area contributed by atoms with E-state index in [-0.39, 0.29) is 5.69 Å². The van der Waals surface area contributed by atoms with Gasteiger partial charge in [0.1, 0.15) is 6.04 Å². The molecule has 1 aliphatic rings. The van der Waals surface area contributed by atoms with Crippen molar-refractivity contribution in [1.29, 1.82) is 0 Å². The Morgan fingerprint density at radius 1 is 1.44 bits per heavy atom. The summed E-state index contributed by atoms with van der Waals surface area (Å²) in [7, 11) is 0. The fraction of sp³-hybridized carbons (Fsp3) is 0.364. The van der Waals surface area contributed by atoms with Crippen molar-refractivity contribution in [3.8, 4) is 0 Å². The smallest absolute Gasteiger partial charge is 0.327 e. The molecule has 1 unspecified atom stereocenters. The summed E-state index contributed by atoms with van der Waals surface area (Å²) < 4.78 is 0. The van der Waals surface area contributed by atoms with Crippen LogP contribution in [-0.4, -0.2) is 41.7 Å². The van der Waals surface area contributed by atoms with Crippen molar-refractivity contribution in [2.75, 3.05) is 24.5 Å². The molecule has 18 heavy (non-hydrogen) atoms. The van der Waals surface area contributed by atoms with Crippen molar-refractivity contribution in [3.63, 3.8) is 0 Å². The van der Waals surface area contributed by atoms with Crippen molar-refractivity contribution >= 4 is 17.3 Å². The second kappa shape index (κ2) is 5.01. The van der Waals surface area contributed by atoms with Gasteiger partial charge >= 0.3 is 5.97 Å². The molecule has 0 saturated carbocycles. The second-order valence-electron chi connectivity index (χ2n) is 4.03. The average molecular weight is 251 g/mol. The molecule has 0 radical (unpaired) electrons. The Kier molecular flexibility index (Phi) is 3.42. The van der Waals surface area contributed by atoms with Gasteiger partial charge in [0.25, 0.3) is 5.69 Å². The van der Waals surface area contributed by atoms with E-state index >= 15 is 0 Å². The number of aliphatic carboxylic acids is 1. The summed E-state index contributed by atoms with van der Waals surface area (Å²) in [5.74, 6) is -0.902. The molecule has 0 aromatic heterocycles. The Hall–Kier alpha value is -2.15. The first-order chi connectivity index (χ1) is 8.59. The van der Waals surface area contributed by atoms with Crippen LogP contribution in [0.3, 0.4) is 0 Å². The van der Waals surface area contributed by atoms with Crippen LogP contribution >= 0.6 is 0 Å². The van der Waals surface area contributed by atoms with Gasteiger partial charge in [-0.3, -0.25) is 10.1 Å². The van der Waals surface area contributed by atoms with Gasteiger partial charge in [-0.05, 0) is 12.1 Å². The molecule has 1 heterocycles. The predicted octanol–water partition coefficient (Wildman–Crippen LogP) is 0.458. The normalized spacial score (nSPS) is 19.6. The number of hydrogen-bond acceptors (Lipinski definition) is 5. The number of nitro benzene ring substituents is 1. The van der Waals surface area contributed by atoms with Crippen molar-refractivity contribution in [2.45, 2.75) is 6.04 Å². The van der Waals surface area contributed by atoms with E-state index in [0.29, 0.717) is 25.3 Å². The first-order valence-electron chi connectivity index (χ1n) is 5.54. The number of anilines is 1. The summed E-state index contributed by atoms with van der Waals surface area (Å²) in [5.41, 5.74) is 0.690. The fourth-order valence-electron chi connectivity index (χ4n) is 2.00. The molecule has 0 spiro atoms. The molecule has 7 heteroatoms. The third kappa shape index (κ3) is 2.40. The van der Waals surface area contributed by atoms with Crippen LogP contribution in [0.4, 0.5) is 11.4 Å². The fourth-order valence-corrected chi connectivity index (χ4v) is 2.00. The third-order valence-corrected chi connectivity index (χ3v) is 2.92. The Bertz CT molecular complexity index is 460. The molecule has 0 bridgehead atoms. The van der Waals surface area contributed by atoms with Gasteiger partial charge in [0, 0.05) is 37.5 Å². The van der Waals surface area contributed by atoms with Gasteiger partial charge in [-0.25, -0.2) is 4.79 Å². The van der Waals surface area contributed by atoms with E-state index in [9.17, 15) is 14.9 Å². The van der Waals surface area contributed by atoms with E-state index in [4.69, 9.17) is 5.11 Å². The summed E-state index contributed by atoms with van der Waals surface area (Å²) >= 11 is 0. The predicted molar refractivity (Wildman–Crippen MR) is 64.7 cm³/mol. The molecule has 7 nitrogen and oxygen atoms in total. The minimum Gasteiger partial charge on any atom is -0.480 e. The Morgan fingerprint density at radius 2 is 2.11 bits per heavy atom. The van der Waals surface area contributed by atoms with Gasteiger partial charge in [0.05, 0.1) is 4.92 Å². The third-order valence-electron chi connectivity index (χ3n) is 2.92. The highest BCUT2D eigenvalue weighted by molar-refractivity contribution is 5.79. The van der Waals surface area contributed by atoms with Gasteiger partial charge in [0.15, 0.2) is 0 Å². The van der Waals surface area contributed by atoms with Crippen LogP contribution in [0, 0.1) is 10.1 Å².